The average Bonchev–Trinajstić information content (AvgIpc) is 2.47. The van der Waals surface area contributed by atoms with Gasteiger partial charge in [-0.1, -0.05) is 6.92 Å². The van der Waals surface area contributed by atoms with E-state index in [1.807, 2.05) is 0 Å². The van der Waals surface area contributed by atoms with Gasteiger partial charge in [-0.15, -0.1) is 4.98 Å². The highest BCUT2D eigenvalue weighted by Gasteiger charge is 2.27. The minimum absolute atomic E-state index is 0.268. The quantitative estimate of drug-likeness (QED) is 0.840. The summed E-state index contributed by atoms with van der Waals surface area (Å²) >= 11 is 0. The number of ether oxygens (including phenoxy) is 2. The van der Waals surface area contributed by atoms with Crippen LogP contribution >= 0.6 is 0 Å². The van der Waals surface area contributed by atoms with Gasteiger partial charge in [-0.3, -0.25) is 0 Å². The maximum Gasteiger partial charge on any atom is 0.324 e. The lowest BCUT2D eigenvalue weighted by atomic mass is 9.87. The number of hydrogen-bond acceptors (Lipinski definition) is 7. The molecule has 2 rings (SSSR count). The number of aromatic nitrogens is 3. The van der Waals surface area contributed by atoms with Crippen LogP contribution in [0.4, 0.5) is 5.95 Å². The van der Waals surface area contributed by atoms with Crippen LogP contribution in [-0.4, -0.2) is 48.8 Å². The van der Waals surface area contributed by atoms with Crippen LogP contribution in [0.1, 0.15) is 13.3 Å². The van der Waals surface area contributed by atoms with E-state index in [1.54, 1.807) is 0 Å². The maximum absolute atomic E-state index is 5.82. The molecule has 19 heavy (non-hydrogen) atoms. The first-order chi connectivity index (χ1) is 9.17. The molecule has 2 unspecified atom stereocenters. The summed E-state index contributed by atoms with van der Waals surface area (Å²) in [6.07, 6.45) is 1.08. The first-order valence-electron chi connectivity index (χ1n) is 6.47. The predicted molar refractivity (Wildman–Crippen MR) is 71.5 cm³/mol. The molecule has 1 aliphatic rings. The fourth-order valence-electron chi connectivity index (χ4n) is 2.29. The molecule has 0 bridgehead atoms. The van der Waals surface area contributed by atoms with E-state index in [-0.39, 0.29) is 12.0 Å². The molecule has 1 fully saturated rings. The van der Waals surface area contributed by atoms with Crippen molar-refractivity contribution < 1.29 is 9.47 Å². The second-order valence-electron chi connectivity index (χ2n) is 4.82. The van der Waals surface area contributed by atoms with Crippen LogP contribution in [0.2, 0.25) is 0 Å². The zero-order valence-electron chi connectivity index (χ0n) is 11.7. The molecule has 0 saturated carbocycles. The molecule has 1 aromatic rings. The standard InChI is InChI=1S/C12H21N5O2/c1-8-4-5-17(7-9(8)6-13)10-14-11(18-2)16-12(15-10)19-3/h8-9H,4-7,13H2,1-3H3. The smallest absolute Gasteiger partial charge is 0.324 e. The van der Waals surface area contributed by atoms with Gasteiger partial charge < -0.3 is 20.1 Å². The molecule has 0 amide bonds. The number of methoxy groups -OCH3 is 2. The van der Waals surface area contributed by atoms with Gasteiger partial charge in [0, 0.05) is 13.1 Å². The molecule has 0 aliphatic carbocycles. The van der Waals surface area contributed by atoms with Crippen LogP contribution in [0.5, 0.6) is 12.0 Å². The number of anilines is 1. The van der Waals surface area contributed by atoms with Gasteiger partial charge in [0.25, 0.3) is 0 Å². The van der Waals surface area contributed by atoms with Crippen molar-refractivity contribution in [2.24, 2.45) is 17.6 Å². The summed E-state index contributed by atoms with van der Waals surface area (Å²) in [5, 5.41) is 0. The summed E-state index contributed by atoms with van der Waals surface area (Å²) in [6, 6.07) is 0.537. The summed E-state index contributed by atoms with van der Waals surface area (Å²) in [7, 11) is 3.05. The van der Waals surface area contributed by atoms with Crippen LogP contribution in [0, 0.1) is 11.8 Å². The molecule has 1 aliphatic heterocycles. The third kappa shape index (κ3) is 3.04. The van der Waals surface area contributed by atoms with E-state index in [1.165, 1.54) is 14.2 Å². The first-order valence-corrected chi connectivity index (χ1v) is 6.47. The van der Waals surface area contributed by atoms with E-state index < -0.39 is 0 Å². The monoisotopic (exact) mass is 267 g/mol. The summed E-state index contributed by atoms with van der Waals surface area (Å²) in [6.45, 7) is 4.68. The minimum Gasteiger partial charge on any atom is -0.467 e. The van der Waals surface area contributed by atoms with E-state index in [9.17, 15) is 0 Å². The van der Waals surface area contributed by atoms with Crippen molar-refractivity contribution in [1.82, 2.24) is 15.0 Å². The molecule has 1 aromatic heterocycles. The van der Waals surface area contributed by atoms with E-state index in [2.05, 4.69) is 26.8 Å². The lowest BCUT2D eigenvalue weighted by molar-refractivity contribution is 0.301. The fourth-order valence-corrected chi connectivity index (χ4v) is 2.29. The van der Waals surface area contributed by atoms with Crippen molar-refractivity contribution in [2.45, 2.75) is 13.3 Å². The highest BCUT2D eigenvalue weighted by atomic mass is 16.5. The van der Waals surface area contributed by atoms with E-state index in [0.717, 1.165) is 19.5 Å². The Hall–Kier alpha value is -1.63. The topological polar surface area (TPSA) is 86.4 Å². The van der Waals surface area contributed by atoms with Gasteiger partial charge in [0.2, 0.25) is 5.95 Å². The third-order valence-electron chi connectivity index (χ3n) is 3.65. The first kappa shape index (κ1) is 13.8. The van der Waals surface area contributed by atoms with Crippen LogP contribution in [0.25, 0.3) is 0 Å². The molecule has 0 radical (unpaired) electrons. The van der Waals surface area contributed by atoms with Gasteiger partial charge >= 0.3 is 12.0 Å². The maximum atomic E-state index is 5.82. The molecular formula is C12H21N5O2. The van der Waals surface area contributed by atoms with Crippen molar-refractivity contribution in [3.8, 4) is 12.0 Å². The van der Waals surface area contributed by atoms with Crippen LogP contribution in [0.15, 0.2) is 0 Å². The Bertz CT molecular complexity index is 406. The van der Waals surface area contributed by atoms with Gasteiger partial charge in [-0.2, -0.15) is 9.97 Å². The molecule has 1 saturated heterocycles. The number of nitrogens with zero attached hydrogens (tertiary/aromatic N) is 4. The lowest BCUT2D eigenvalue weighted by Crippen LogP contribution is -2.43. The second kappa shape index (κ2) is 6.01. The van der Waals surface area contributed by atoms with Crippen molar-refractivity contribution in [1.29, 1.82) is 0 Å². The van der Waals surface area contributed by atoms with Crippen LogP contribution in [0.3, 0.4) is 0 Å². The Kier molecular flexibility index (Phi) is 4.36. The molecule has 106 valence electrons. The average molecular weight is 267 g/mol. The third-order valence-corrected chi connectivity index (χ3v) is 3.65. The Morgan fingerprint density at radius 3 is 2.37 bits per heavy atom. The summed E-state index contributed by atoms with van der Waals surface area (Å²) in [5.41, 5.74) is 5.82. The van der Waals surface area contributed by atoms with Crippen molar-refractivity contribution >= 4 is 5.95 Å². The van der Waals surface area contributed by atoms with Crippen molar-refractivity contribution in [3.05, 3.63) is 0 Å². The molecule has 0 aromatic carbocycles. The lowest BCUT2D eigenvalue weighted by Gasteiger charge is -2.36. The molecule has 2 atom stereocenters. The summed E-state index contributed by atoms with van der Waals surface area (Å²) in [4.78, 5) is 14.7. The Labute approximate surface area is 113 Å². The highest BCUT2D eigenvalue weighted by Crippen LogP contribution is 2.26. The van der Waals surface area contributed by atoms with E-state index in [0.29, 0.717) is 24.3 Å². The highest BCUT2D eigenvalue weighted by molar-refractivity contribution is 5.33. The van der Waals surface area contributed by atoms with Gasteiger partial charge in [-0.25, -0.2) is 0 Å². The van der Waals surface area contributed by atoms with Gasteiger partial charge in [0.1, 0.15) is 0 Å². The number of piperidine rings is 1. The van der Waals surface area contributed by atoms with E-state index in [4.69, 9.17) is 15.2 Å². The Balaban J connectivity index is 2.21. The predicted octanol–water partition coefficient (Wildman–Crippen LogP) is 0.310. The molecule has 7 heteroatoms. The Morgan fingerprint density at radius 2 is 1.84 bits per heavy atom. The van der Waals surface area contributed by atoms with Crippen molar-refractivity contribution in [2.75, 3.05) is 38.8 Å². The number of rotatable bonds is 4. The fraction of sp³-hybridized carbons (Fsp3) is 0.750. The number of nitrogens with two attached hydrogens (primary N) is 1. The van der Waals surface area contributed by atoms with E-state index >= 15 is 0 Å². The molecule has 0 spiro atoms. The van der Waals surface area contributed by atoms with Gasteiger partial charge in [-0.05, 0) is 24.8 Å². The molecular weight excluding hydrogens is 246 g/mol. The molecule has 7 nitrogen and oxygen atoms in total. The Morgan fingerprint density at radius 1 is 1.21 bits per heavy atom. The van der Waals surface area contributed by atoms with Gasteiger partial charge in [0.15, 0.2) is 0 Å². The summed E-state index contributed by atoms with van der Waals surface area (Å²) in [5.74, 6) is 1.68. The number of hydrogen-bond donors (Lipinski definition) is 1. The second-order valence-corrected chi connectivity index (χ2v) is 4.82. The summed E-state index contributed by atoms with van der Waals surface area (Å²) < 4.78 is 10.1. The zero-order valence-corrected chi connectivity index (χ0v) is 11.7. The zero-order chi connectivity index (χ0) is 13.8. The van der Waals surface area contributed by atoms with Crippen LogP contribution in [-0.2, 0) is 0 Å². The van der Waals surface area contributed by atoms with Gasteiger partial charge in [0.05, 0.1) is 14.2 Å². The normalized spacial score (nSPS) is 23.3. The van der Waals surface area contributed by atoms with Crippen LogP contribution < -0.4 is 20.1 Å². The van der Waals surface area contributed by atoms with Crippen molar-refractivity contribution in [3.63, 3.8) is 0 Å². The molecule has 2 heterocycles. The largest absolute Gasteiger partial charge is 0.467 e. The molecule has 2 N–H and O–H groups in total. The SMILES string of the molecule is COc1nc(OC)nc(N2CCC(C)C(CN)C2)n1. The minimum atomic E-state index is 0.268.